The minimum absolute atomic E-state index is 0.0538. The predicted octanol–water partition coefficient (Wildman–Crippen LogP) is 14.4. The number of allylic oxidation sites excluding steroid dienone is 2. The van der Waals surface area contributed by atoms with Crippen molar-refractivity contribution in [3.8, 4) is 28.0 Å². The van der Waals surface area contributed by atoms with Crippen molar-refractivity contribution in [3.63, 3.8) is 0 Å². The summed E-state index contributed by atoms with van der Waals surface area (Å²) in [7, 11) is 0. The van der Waals surface area contributed by atoms with Gasteiger partial charge in [-0.1, -0.05) is 117 Å². The molecule has 0 radical (unpaired) electrons. The van der Waals surface area contributed by atoms with Gasteiger partial charge >= 0.3 is 0 Å². The van der Waals surface area contributed by atoms with Crippen LogP contribution in [0.15, 0.2) is 135 Å². The number of unbranched alkanes of at least 4 members (excludes halogenated alkanes) is 5. The molecule has 51 heavy (non-hydrogen) atoms. The molecule has 0 aliphatic heterocycles. The van der Waals surface area contributed by atoms with Crippen LogP contribution in [0.4, 0.5) is 17.1 Å². The standard InChI is InChI=1S/C49H55NO/c1-6-9-12-13-14-15-34-51-44-28-26-43(27-29-44)50(41-22-16-37(4)17-23-41)42-24-19-39(20-25-42)40-21-31-46-45-30-18-38(5)35-47(45)49(32-10-7-2,33-11-8-3)48(46)36-40/h7-8,16-31,35-36H,2-3,6,9-15,32-34H2,1,4-5H3. The summed E-state index contributed by atoms with van der Waals surface area (Å²) in [6.07, 6.45) is 15.8. The smallest absolute Gasteiger partial charge is 0.119 e. The summed E-state index contributed by atoms with van der Waals surface area (Å²) in [5.74, 6) is 0.928. The maximum absolute atomic E-state index is 6.13. The number of ether oxygens (including phenoxy) is 1. The van der Waals surface area contributed by atoms with E-state index < -0.39 is 0 Å². The van der Waals surface area contributed by atoms with Crippen molar-refractivity contribution in [1.82, 2.24) is 0 Å². The highest BCUT2D eigenvalue weighted by Gasteiger charge is 2.42. The molecule has 2 heteroatoms. The molecule has 2 nitrogen and oxygen atoms in total. The molecule has 0 bridgehead atoms. The van der Waals surface area contributed by atoms with Crippen molar-refractivity contribution in [1.29, 1.82) is 0 Å². The lowest BCUT2D eigenvalue weighted by atomic mass is 9.70. The highest BCUT2D eigenvalue weighted by molar-refractivity contribution is 5.85. The zero-order valence-corrected chi connectivity index (χ0v) is 31.1. The number of hydrogen-bond donors (Lipinski definition) is 0. The van der Waals surface area contributed by atoms with Crippen molar-refractivity contribution in [3.05, 3.63) is 157 Å². The third-order valence-electron chi connectivity index (χ3n) is 10.7. The van der Waals surface area contributed by atoms with Gasteiger partial charge in [-0.2, -0.15) is 0 Å². The molecule has 5 aromatic carbocycles. The number of anilines is 3. The van der Waals surface area contributed by atoms with Gasteiger partial charge in [0.15, 0.2) is 0 Å². The topological polar surface area (TPSA) is 12.5 Å². The number of rotatable bonds is 18. The molecule has 1 aliphatic carbocycles. The molecule has 0 heterocycles. The van der Waals surface area contributed by atoms with E-state index in [1.807, 2.05) is 0 Å². The monoisotopic (exact) mass is 673 g/mol. The van der Waals surface area contributed by atoms with Gasteiger partial charge < -0.3 is 9.64 Å². The fourth-order valence-corrected chi connectivity index (χ4v) is 7.86. The average molecular weight is 674 g/mol. The van der Waals surface area contributed by atoms with E-state index in [9.17, 15) is 0 Å². The van der Waals surface area contributed by atoms with E-state index in [0.29, 0.717) is 0 Å². The first-order chi connectivity index (χ1) is 25.0. The summed E-state index contributed by atoms with van der Waals surface area (Å²) >= 11 is 0. The molecular weight excluding hydrogens is 619 g/mol. The Kier molecular flexibility index (Phi) is 11.9. The first-order valence-electron chi connectivity index (χ1n) is 19.2. The van der Waals surface area contributed by atoms with Crippen molar-refractivity contribution in [2.75, 3.05) is 11.5 Å². The maximum Gasteiger partial charge on any atom is 0.119 e. The molecule has 0 spiro atoms. The molecule has 0 unspecified atom stereocenters. The fraction of sp³-hybridized carbons (Fsp3) is 0.306. The lowest BCUT2D eigenvalue weighted by molar-refractivity contribution is 0.304. The van der Waals surface area contributed by atoms with Gasteiger partial charge in [-0.3, -0.25) is 0 Å². The van der Waals surface area contributed by atoms with Crippen LogP contribution in [0.3, 0.4) is 0 Å². The molecule has 0 saturated heterocycles. The minimum atomic E-state index is -0.0538. The van der Waals surface area contributed by atoms with Crippen molar-refractivity contribution < 1.29 is 4.74 Å². The van der Waals surface area contributed by atoms with Crippen LogP contribution in [0.5, 0.6) is 5.75 Å². The Morgan fingerprint density at radius 3 is 1.71 bits per heavy atom. The van der Waals surface area contributed by atoms with Crippen molar-refractivity contribution >= 4 is 17.1 Å². The van der Waals surface area contributed by atoms with Crippen LogP contribution < -0.4 is 9.64 Å². The first kappa shape index (κ1) is 36.0. The fourth-order valence-electron chi connectivity index (χ4n) is 7.86. The van der Waals surface area contributed by atoms with Gasteiger partial charge in [0.25, 0.3) is 0 Å². The highest BCUT2D eigenvalue weighted by Crippen LogP contribution is 2.55. The summed E-state index contributed by atoms with van der Waals surface area (Å²) in [6.45, 7) is 15.6. The second-order valence-corrected chi connectivity index (χ2v) is 14.4. The third kappa shape index (κ3) is 8.07. The molecule has 262 valence electrons. The summed E-state index contributed by atoms with van der Waals surface area (Å²) < 4.78 is 6.13. The number of fused-ring (bicyclic) bond motifs is 3. The number of benzene rings is 5. The van der Waals surface area contributed by atoms with E-state index in [2.05, 4.69) is 160 Å². The Morgan fingerprint density at radius 1 is 0.569 bits per heavy atom. The SMILES string of the molecule is C=CCCC1(CCC=C)c2cc(C)ccc2-c2ccc(-c3ccc(N(c4ccc(C)cc4)c4ccc(OCCCCCCCC)cc4)cc3)cc21. The summed E-state index contributed by atoms with van der Waals surface area (Å²) in [6, 6.07) is 40.5. The predicted molar refractivity (Wildman–Crippen MR) is 220 cm³/mol. The Bertz CT molecular complexity index is 1890. The largest absolute Gasteiger partial charge is 0.494 e. The Balaban J connectivity index is 1.28. The Morgan fingerprint density at radius 2 is 1.08 bits per heavy atom. The van der Waals surface area contributed by atoms with Crippen LogP contribution in [-0.2, 0) is 5.41 Å². The van der Waals surface area contributed by atoms with E-state index in [0.717, 1.165) is 61.5 Å². The van der Waals surface area contributed by atoms with Crippen LogP contribution >= 0.6 is 0 Å². The van der Waals surface area contributed by atoms with Crippen LogP contribution in [0.2, 0.25) is 0 Å². The second kappa shape index (κ2) is 16.9. The van der Waals surface area contributed by atoms with E-state index in [4.69, 9.17) is 4.74 Å². The molecule has 6 rings (SSSR count). The molecular formula is C49H55NO. The average Bonchev–Trinajstić information content (AvgIpc) is 3.42. The zero-order chi connectivity index (χ0) is 35.6. The first-order valence-corrected chi connectivity index (χ1v) is 19.2. The molecule has 0 amide bonds. The molecule has 0 aromatic heterocycles. The lowest BCUT2D eigenvalue weighted by Gasteiger charge is -2.32. The highest BCUT2D eigenvalue weighted by atomic mass is 16.5. The van der Waals surface area contributed by atoms with Gasteiger partial charge in [0.05, 0.1) is 6.61 Å². The van der Waals surface area contributed by atoms with E-state index in [-0.39, 0.29) is 5.41 Å². The lowest BCUT2D eigenvalue weighted by Crippen LogP contribution is -2.25. The number of nitrogens with zero attached hydrogens (tertiary/aromatic N) is 1. The quantitative estimate of drug-likeness (QED) is 0.0678. The third-order valence-corrected chi connectivity index (χ3v) is 10.7. The summed E-state index contributed by atoms with van der Waals surface area (Å²) in [5, 5.41) is 0. The number of aryl methyl sites for hydroxylation is 2. The van der Waals surface area contributed by atoms with Crippen LogP contribution in [0.25, 0.3) is 22.3 Å². The maximum atomic E-state index is 6.13. The molecule has 0 saturated carbocycles. The van der Waals surface area contributed by atoms with Gasteiger partial charge in [0.2, 0.25) is 0 Å². The van der Waals surface area contributed by atoms with Crippen LogP contribution in [0, 0.1) is 13.8 Å². The van der Waals surface area contributed by atoms with Gasteiger partial charge in [0, 0.05) is 22.5 Å². The zero-order valence-electron chi connectivity index (χ0n) is 31.1. The molecule has 0 N–H and O–H groups in total. The summed E-state index contributed by atoms with van der Waals surface area (Å²) in [5.41, 5.74) is 14.0. The van der Waals surface area contributed by atoms with Gasteiger partial charge in [-0.25, -0.2) is 0 Å². The van der Waals surface area contributed by atoms with E-state index in [1.165, 1.54) is 76.6 Å². The van der Waals surface area contributed by atoms with Gasteiger partial charge in [-0.15, -0.1) is 13.2 Å². The van der Waals surface area contributed by atoms with Gasteiger partial charge in [-0.05, 0) is 134 Å². The second-order valence-electron chi connectivity index (χ2n) is 14.4. The van der Waals surface area contributed by atoms with Gasteiger partial charge in [0.1, 0.15) is 5.75 Å². The Labute approximate surface area is 307 Å². The van der Waals surface area contributed by atoms with E-state index in [1.54, 1.807) is 0 Å². The molecule has 1 aliphatic rings. The Hall–Kier alpha value is -4.82. The normalized spacial score (nSPS) is 12.6. The number of hydrogen-bond acceptors (Lipinski definition) is 2. The van der Waals surface area contributed by atoms with Crippen molar-refractivity contribution in [2.24, 2.45) is 0 Å². The minimum Gasteiger partial charge on any atom is -0.494 e. The van der Waals surface area contributed by atoms with E-state index >= 15 is 0 Å². The molecule has 0 fully saturated rings. The van der Waals surface area contributed by atoms with Crippen LogP contribution in [-0.4, -0.2) is 6.61 Å². The summed E-state index contributed by atoms with van der Waals surface area (Å²) in [4.78, 5) is 2.33. The van der Waals surface area contributed by atoms with Crippen LogP contribution in [0.1, 0.15) is 93.4 Å². The molecule has 0 atom stereocenters. The molecule has 5 aromatic rings. The van der Waals surface area contributed by atoms with Crippen molar-refractivity contribution in [2.45, 2.75) is 90.4 Å².